The van der Waals surface area contributed by atoms with E-state index in [0.717, 1.165) is 94.3 Å². The number of benzene rings is 8. The van der Waals surface area contributed by atoms with Crippen molar-refractivity contribution in [2.75, 3.05) is 0 Å². The Bertz CT molecular complexity index is 3740. The van der Waals surface area contributed by atoms with E-state index < -0.39 is 0 Å². The molecule has 0 spiro atoms. The number of furan rings is 3. The van der Waals surface area contributed by atoms with Crippen LogP contribution in [-0.2, 0) is 0 Å². The SMILES string of the molecule is C=C1CC(n2c3ccccc3c3c4ccccc4c(-c4ccccc4)cc32)=Nc2c(oc3ccccc23)C1c1cccc2c1oc1cc3c(cc12)oc1ccccc13. The first-order valence-electron chi connectivity index (χ1n) is 19.7. The molecule has 4 aromatic heterocycles. The van der Waals surface area contributed by atoms with E-state index >= 15 is 0 Å². The number of aliphatic imine (C=N–C) groups is 1. The third-order valence-electron chi connectivity index (χ3n) is 12.3. The second-order valence-corrected chi connectivity index (χ2v) is 15.5. The minimum atomic E-state index is -0.328. The first kappa shape index (κ1) is 31.6. The second-order valence-electron chi connectivity index (χ2n) is 15.5. The zero-order valence-corrected chi connectivity index (χ0v) is 31.2. The summed E-state index contributed by atoms with van der Waals surface area (Å²) in [5.41, 5.74) is 11.5. The molecule has 1 aliphatic rings. The topological polar surface area (TPSA) is 56.7 Å². The molecule has 5 nitrogen and oxygen atoms in total. The summed E-state index contributed by atoms with van der Waals surface area (Å²) in [5, 5.41) is 9.94. The molecule has 0 saturated heterocycles. The quantitative estimate of drug-likeness (QED) is 0.166. The lowest BCUT2D eigenvalue weighted by molar-refractivity contribution is 0.538. The predicted octanol–water partition coefficient (Wildman–Crippen LogP) is 14.8. The molecule has 0 aliphatic carbocycles. The van der Waals surface area contributed by atoms with Crippen molar-refractivity contribution in [3.63, 3.8) is 0 Å². The number of para-hydroxylation sites is 4. The van der Waals surface area contributed by atoms with E-state index in [1.54, 1.807) is 0 Å². The van der Waals surface area contributed by atoms with Crippen LogP contribution >= 0.6 is 0 Å². The van der Waals surface area contributed by atoms with Gasteiger partial charge in [0.2, 0.25) is 0 Å². The Labute approximate surface area is 331 Å². The summed E-state index contributed by atoms with van der Waals surface area (Å²) in [7, 11) is 0. The van der Waals surface area contributed by atoms with Crippen LogP contribution in [0.5, 0.6) is 0 Å². The number of nitrogens with zero attached hydrogens (tertiary/aromatic N) is 2. The maximum atomic E-state index is 6.88. The summed E-state index contributed by atoms with van der Waals surface area (Å²) in [6, 6.07) is 57.5. The molecule has 5 heteroatoms. The monoisotopic (exact) mass is 744 g/mol. The normalized spacial score (nSPS) is 14.8. The number of hydrogen-bond donors (Lipinski definition) is 0. The van der Waals surface area contributed by atoms with Crippen molar-refractivity contribution in [1.29, 1.82) is 0 Å². The third kappa shape index (κ3) is 4.33. The van der Waals surface area contributed by atoms with Crippen molar-refractivity contribution in [3.8, 4) is 11.1 Å². The van der Waals surface area contributed by atoms with E-state index in [9.17, 15) is 0 Å². The predicted molar refractivity (Wildman–Crippen MR) is 238 cm³/mol. The van der Waals surface area contributed by atoms with Crippen molar-refractivity contribution < 1.29 is 13.3 Å². The number of aromatic nitrogens is 1. The first-order chi connectivity index (χ1) is 28.7. The number of hydrogen-bond acceptors (Lipinski definition) is 4. The van der Waals surface area contributed by atoms with Crippen LogP contribution in [0, 0.1) is 0 Å². The Morgan fingerprint density at radius 1 is 0.500 bits per heavy atom. The van der Waals surface area contributed by atoms with Gasteiger partial charge in [-0.3, -0.25) is 4.57 Å². The van der Waals surface area contributed by atoms with Gasteiger partial charge < -0.3 is 13.3 Å². The van der Waals surface area contributed by atoms with E-state index in [2.05, 4.69) is 138 Å². The molecule has 8 aromatic carbocycles. The lowest BCUT2D eigenvalue weighted by atomic mass is 9.86. The van der Waals surface area contributed by atoms with E-state index in [-0.39, 0.29) is 5.92 Å². The Morgan fingerprint density at radius 3 is 1.97 bits per heavy atom. The fourth-order valence-electron chi connectivity index (χ4n) is 9.74. The lowest BCUT2D eigenvalue weighted by Crippen LogP contribution is -2.13. The van der Waals surface area contributed by atoms with Crippen LogP contribution in [0.25, 0.3) is 98.6 Å². The van der Waals surface area contributed by atoms with Crippen LogP contribution in [0.2, 0.25) is 0 Å². The van der Waals surface area contributed by atoms with E-state index in [4.69, 9.17) is 24.8 Å². The fourth-order valence-corrected chi connectivity index (χ4v) is 9.74. The zero-order valence-electron chi connectivity index (χ0n) is 31.2. The van der Waals surface area contributed by atoms with Crippen molar-refractivity contribution in [2.24, 2.45) is 4.99 Å². The smallest absolute Gasteiger partial charge is 0.142 e. The maximum absolute atomic E-state index is 6.88. The highest BCUT2D eigenvalue weighted by Crippen LogP contribution is 2.50. The second kappa shape index (κ2) is 11.7. The van der Waals surface area contributed by atoms with Crippen LogP contribution in [0.4, 0.5) is 5.69 Å². The van der Waals surface area contributed by atoms with Crippen LogP contribution in [0.1, 0.15) is 23.7 Å². The minimum Gasteiger partial charge on any atom is -0.458 e. The van der Waals surface area contributed by atoms with Crippen LogP contribution < -0.4 is 0 Å². The van der Waals surface area contributed by atoms with Gasteiger partial charge in [0, 0.05) is 49.7 Å². The molecule has 1 unspecified atom stereocenters. The molecule has 0 fully saturated rings. The molecule has 13 rings (SSSR count). The van der Waals surface area contributed by atoms with Crippen molar-refractivity contribution in [1.82, 2.24) is 4.57 Å². The molecule has 1 atom stereocenters. The Kier molecular flexibility index (Phi) is 6.37. The number of allylic oxidation sites excluding steroid dienone is 1. The molecule has 0 radical (unpaired) electrons. The Hall–Kier alpha value is -7.63. The maximum Gasteiger partial charge on any atom is 0.142 e. The lowest BCUT2D eigenvalue weighted by Gasteiger charge is -2.18. The van der Waals surface area contributed by atoms with Gasteiger partial charge in [-0.2, -0.15) is 0 Å². The molecule has 1 aliphatic heterocycles. The summed E-state index contributed by atoms with van der Waals surface area (Å²) < 4.78 is 22.4. The molecular weight excluding hydrogens is 713 g/mol. The van der Waals surface area contributed by atoms with Crippen molar-refractivity contribution >= 4 is 98.9 Å². The van der Waals surface area contributed by atoms with Crippen LogP contribution in [0.3, 0.4) is 0 Å². The molecule has 0 saturated carbocycles. The molecule has 0 N–H and O–H groups in total. The van der Waals surface area contributed by atoms with E-state index in [1.807, 2.05) is 30.3 Å². The minimum absolute atomic E-state index is 0.328. The molecule has 0 bridgehead atoms. The summed E-state index contributed by atoms with van der Waals surface area (Å²) in [4.78, 5) is 5.64. The first-order valence-corrected chi connectivity index (χ1v) is 19.7. The van der Waals surface area contributed by atoms with Gasteiger partial charge in [0.25, 0.3) is 0 Å². The highest BCUT2D eigenvalue weighted by atomic mass is 16.3. The van der Waals surface area contributed by atoms with Gasteiger partial charge in [-0.05, 0) is 64.4 Å². The Balaban J connectivity index is 1.06. The van der Waals surface area contributed by atoms with E-state index in [0.29, 0.717) is 6.42 Å². The molecular formula is C53H32N2O3. The highest BCUT2D eigenvalue weighted by Gasteiger charge is 2.34. The average Bonchev–Trinajstić information content (AvgIpc) is 4.00. The van der Waals surface area contributed by atoms with Gasteiger partial charge in [0.1, 0.15) is 45.2 Å². The van der Waals surface area contributed by atoms with Crippen LogP contribution in [0.15, 0.2) is 194 Å². The van der Waals surface area contributed by atoms with Crippen molar-refractivity contribution in [2.45, 2.75) is 12.3 Å². The van der Waals surface area contributed by atoms with E-state index in [1.165, 1.54) is 32.7 Å². The zero-order chi connectivity index (χ0) is 38.1. The highest BCUT2D eigenvalue weighted by molar-refractivity contribution is 6.26. The van der Waals surface area contributed by atoms with Gasteiger partial charge in [0.15, 0.2) is 0 Å². The Morgan fingerprint density at radius 2 is 1.14 bits per heavy atom. The standard InChI is InChI=1S/C53H32N2O3/c1-30-26-48(55-42-23-10-7-19-36(42)50-34-18-6-5-16-32(34)39(27-43(50)55)31-14-3-2-4-15-31)54-51-37-20-9-12-25-45(37)57-53(51)49(30)38-22-13-21-35-41-29-46-40(28-47(41)58-52(35)38)33-17-8-11-24-44(33)56-46/h2-25,27-29,49H,1,26H2. The third-order valence-corrected chi connectivity index (χ3v) is 12.3. The largest absolute Gasteiger partial charge is 0.458 e. The summed E-state index contributed by atoms with van der Waals surface area (Å²) >= 11 is 0. The average molecular weight is 745 g/mol. The number of fused-ring (bicyclic) bond motifs is 14. The summed E-state index contributed by atoms with van der Waals surface area (Å²) in [6.45, 7) is 4.86. The van der Waals surface area contributed by atoms with Gasteiger partial charge in [-0.15, -0.1) is 0 Å². The molecule has 272 valence electrons. The van der Waals surface area contributed by atoms with Gasteiger partial charge in [-0.25, -0.2) is 4.99 Å². The van der Waals surface area contributed by atoms with Crippen LogP contribution in [-0.4, -0.2) is 10.4 Å². The number of rotatable bonds is 2. The fraction of sp³-hybridized carbons (Fsp3) is 0.0377. The summed E-state index contributed by atoms with van der Waals surface area (Å²) in [6.07, 6.45) is 0.514. The van der Waals surface area contributed by atoms with Gasteiger partial charge in [0.05, 0.1) is 17.0 Å². The summed E-state index contributed by atoms with van der Waals surface area (Å²) in [5.74, 6) is 1.33. The van der Waals surface area contributed by atoms with Gasteiger partial charge in [-0.1, -0.05) is 133 Å². The molecule has 0 amide bonds. The molecule has 58 heavy (non-hydrogen) atoms. The van der Waals surface area contributed by atoms with Gasteiger partial charge >= 0.3 is 0 Å². The van der Waals surface area contributed by atoms with Crippen molar-refractivity contribution in [3.05, 3.63) is 187 Å². The molecule has 12 aromatic rings. The molecule has 5 heterocycles.